The molecule has 0 aliphatic carbocycles. The van der Waals surface area contributed by atoms with Crippen molar-refractivity contribution in [1.82, 2.24) is 14.9 Å². The van der Waals surface area contributed by atoms with Crippen LogP contribution in [-0.2, 0) is 0 Å². The second-order valence-electron chi connectivity index (χ2n) is 4.59. The van der Waals surface area contributed by atoms with Gasteiger partial charge in [-0.1, -0.05) is 40.4 Å². The monoisotopic (exact) mass is 233 g/mol. The Bertz CT molecular complexity index is 140. The van der Waals surface area contributed by atoms with E-state index in [4.69, 9.17) is 0 Å². The minimum absolute atomic E-state index is 1.05. The zero-order valence-electron chi connectivity index (χ0n) is 10.6. The number of rotatable bonds is 7. The Labute approximate surface area is 91.1 Å². The minimum Gasteiger partial charge on any atom is -0.316 e. The molecule has 0 saturated carbocycles. The molecule has 0 spiro atoms. The molecule has 0 heterocycles. The van der Waals surface area contributed by atoms with Gasteiger partial charge in [-0.2, -0.15) is 0 Å². The Balaban J connectivity index is 4.73. The molecular weight excluding hydrogens is 206 g/mol. The summed E-state index contributed by atoms with van der Waals surface area (Å²) in [4.78, 5) is 11.1. The standard InChI is InChI=1S/C9H27N3Si2/c1-7-10-14(11-8-2,12-9-3)13(4,5)6/h10-12H,7-9H2,1-6H3. The van der Waals surface area contributed by atoms with Crippen molar-refractivity contribution < 1.29 is 0 Å². The van der Waals surface area contributed by atoms with E-state index in [1.807, 2.05) is 0 Å². The summed E-state index contributed by atoms with van der Waals surface area (Å²) in [7, 11) is -2.80. The maximum Gasteiger partial charge on any atom is 0.261 e. The van der Waals surface area contributed by atoms with Crippen LogP contribution in [0.5, 0.6) is 0 Å². The topological polar surface area (TPSA) is 36.1 Å². The fourth-order valence-electron chi connectivity index (χ4n) is 1.78. The highest BCUT2D eigenvalue weighted by Crippen LogP contribution is 2.10. The Morgan fingerprint density at radius 3 is 1.14 bits per heavy atom. The molecule has 3 N–H and O–H groups in total. The first-order chi connectivity index (χ1) is 6.43. The lowest BCUT2D eigenvalue weighted by Gasteiger charge is -2.42. The molecule has 0 aliphatic rings. The predicted molar refractivity (Wildman–Crippen MR) is 70.1 cm³/mol. The molecule has 0 fully saturated rings. The number of hydrogen-bond donors (Lipinski definition) is 3. The van der Waals surface area contributed by atoms with Gasteiger partial charge in [0.1, 0.15) is 0 Å². The van der Waals surface area contributed by atoms with Crippen molar-refractivity contribution >= 4 is 15.7 Å². The van der Waals surface area contributed by atoms with E-state index >= 15 is 0 Å². The van der Waals surface area contributed by atoms with Gasteiger partial charge in [-0.25, -0.2) is 0 Å². The molecule has 0 atom stereocenters. The summed E-state index contributed by atoms with van der Waals surface area (Å²) in [6, 6.07) is 0. The maximum atomic E-state index is 3.72. The van der Waals surface area contributed by atoms with E-state index < -0.39 is 15.7 Å². The highest BCUT2D eigenvalue weighted by atomic mass is 29.3. The smallest absolute Gasteiger partial charge is 0.261 e. The average molecular weight is 234 g/mol. The summed E-state index contributed by atoms with van der Waals surface area (Å²) in [5, 5.41) is 0. The molecule has 0 saturated heterocycles. The van der Waals surface area contributed by atoms with Crippen LogP contribution in [0.25, 0.3) is 0 Å². The zero-order valence-corrected chi connectivity index (χ0v) is 12.6. The number of nitrogens with one attached hydrogen (secondary N) is 3. The third kappa shape index (κ3) is 3.47. The van der Waals surface area contributed by atoms with E-state index in [0.717, 1.165) is 19.6 Å². The highest BCUT2D eigenvalue weighted by Gasteiger charge is 2.45. The summed E-state index contributed by atoms with van der Waals surface area (Å²) in [5.74, 6) is 0. The molecular formula is C9H27N3Si2. The van der Waals surface area contributed by atoms with Gasteiger partial charge < -0.3 is 14.9 Å². The van der Waals surface area contributed by atoms with Gasteiger partial charge in [-0.15, -0.1) is 0 Å². The van der Waals surface area contributed by atoms with Gasteiger partial charge in [0.15, 0.2) is 0 Å². The van der Waals surface area contributed by atoms with E-state index in [1.54, 1.807) is 0 Å². The van der Waals surface area contributed by atoms with Gasteiger partial charge in [0.25, 0.3) is 8.08 Å². The molecule has 0 aliphatic heterocycles. The van der Waals surface area contributed by atoms with E-state index in [0.29, 0.717) is 0 Å². The van der Waals surface area contributed by atoms with E-state index in [-0.39, 0.29) is 0 Å². The molecule has 0 aromatic heterocycles. The first-order valence-corrected chi connectivity index (χ1v) is 12.2. The summed E-state index contributed by atoms with van der Waals surface area (Å²) < 4.78 is 0. The summed E-state index contributed by atoms with van der Waals surface area (Å²) in [6.07, 6.45) is 0. The van der Waals surface area contributed by atoms with Crippen molar-refractivity contribution in [1.29, 1.82) is 0 Å². The van der Waals surface area contributed by atoms with Crippen molar-refractivity contribution in [2.45, 2.75) is 40.4 Å². The second-order valence-corrected chi connectivity index (χ2v) is 18.4. The van der Waals surface area contributed by atoms with Gasteiger partial charge >= 0.3 is 0 Å². The average Bonchev–Trinajstić information content (AvgIpc) is 2.03. The van der Waals surface area contributed by atoms with Gasteiger partial charge in [0.05, 0.1) is 7.59 Å². The Morgan fingerprint density at radius 2 is 1.00 bits per heavy atom. The lowest BCUT2D eigenvalue weighted by molar-refractivity contribution is 0.799. The van der Waals surface area contributed by atoms with Crippen LogP contribution >= 0.6 is 0 Å². The van der Waals surface area contributed by atoms with Crippen LogP contribution in [-0.4, -0.2) is 35.3 Å². The summed E-state index contributed by atoms with van der Waals surface area (Å²) >= 11 is 0. The third-order valence-corrected chi connectivity index (χ3v) is 15.7. The summed E-state index contributed by atoms with van der Waals surface area (Å²) in [6.45, 7) is 17.0. The van der Waals surface area contributed by atoms with Gasteiger partial charge in [-0.3, -0.25) is 0 Å². The quantitative estimate of drug-likeness (QED) is 0.578. The zero-order chi connectivity index (χ0) is 11.2. The van der Waals surface area contributed by atoms with Crippen molar-refractivity contribution in [3.05, 3.63) is 0 Å². The van der Waals surface area contributed by atoms with Crippen LogP contribution in [0.4, 0.5) is 0 Å². The molecule has 14 heavy (non-hydrogen) atoms. The third-order valence-electron chi connectivity index (χ3n) is 2.45. The molecule has 3 nitrogen and oxygen atoms in total. The van der Waals surface area contributed by atoms with Crippen LogP contribution < -0.4 is 14.9 Å². The molecule has 0 aromatic carbocycles. The van der Waals surface area contributed by atoms with Crippen LogP contribution in [0.1, 0.15) is 20.8 Å². The van der Waals surface area contributed by atoms with E-state index in [1.165, 1.54) is 0 Å². The molecule has 0 bridgehead atoms. The van der Waals surface area contributed by atoms with Crippen LogP contribution in [0.3, 0.4) is 0 Å². The molecule has 5 heteroatoms. The molecule has 0 rings (SSSR count). The molecule has 86 valence electrons. The minimum atomic E-state index is -1.61. The largest absolute Gasteiger partial charge is 0.316 e. The second kappa shape index (κ2) is 6.02. The van der Waals surface area contributed by atoms with Crippen LogP contribution in [0.2, 0.25) is 19.6 Å². The lowest BCUT2D eigenvalue weighted by Crippen LogP contribution is -2.83. The summed E-state index contributed by atoms with van der Waals surface area (Å²) in [5.41, 5.74) is 0. The molecule has 0 amide bonds. The van der Waals surface area contributed by atoms with Crippen molar-refractivity contribution in [2.75, 3.05) is 19.6 Å². The predicted octanol–water partition coefficient (Wildman–Crippen LogP) is 1.17. The molecule has 0 radical (unpaired) electrons. The van der Waals surface area contributed by atoms with Crippen molar-refractivity contribution in [3.63, 3.8) is 0 Å². The first-order valence-electron chi connectivity index (χ1n) is 5.68. The van der Waals surface area contributed by atoms with Crippen molar-refractivity contribution in [2.24, 2.45) is 0 Å². The van der Waals surface area contributed by atoms with E-state index in [9.17, 15) is 0 Å². The maximum absolute atomic E-state index is 3.72. The lowest BCUT2D eigenvalue weighted by atomic mass is 10.8. The van der Waals surface area contributed by atoms with E-state index in [2.05, 4.69) is 55.4 Å². The number of hydrogen-bond acceptors (Lipinski definition) is 3. The van der Waals surface area contributed by atoms with Crippen LogP contribution in [0, 0.1) is 0 Å². The molecule has 0 aromatic rings. The Hall–Kier alpha value is 0.314. The molecule has 0 unspecified atom stereocenters. The van der Waals surface area contributed by atoms with Crippen molar-refractivity contribution in [3.8, 4) is 0 Å². The Morgan fingerprint density at radius 1 is 0.714 bits per heavy atom. The van der Waals surface area contributed by atoms with Gasteiger partial charge in [0, 0.05) is 0 Å². The normalized spacial score (nSPS) is 13.3. The van der Waals surface area contributed by atoms with Gasteiger partial charge in [0.2, 0.25) is 0 Å². The fraction of sp³-hybridized carbons (Fsp3) is 1.00. The Kier molecular flexibility index (Phi) is 6.15. The van der Waals surface area contributed by atoms with Crippen LogP contribution in [0.15, 0.2) is 0 Å². The van der Waals surface area contributed by atoms with Gasteiger partial charge in [-0.05, 0) is 19.6 Å². The fourth-order valence-corrected chi connectivity index (χ4v) is 11.7. The highest BCUT2D eigenvalue weighted by molar-refractivity contribution is 7.38. The first kappa shape index (κ1) is 14.3. The SMILES string of the molecule is CCN[Si](NCC)(NCC)[Si](C)(C)C.